The summed E-state index contributed by atoms with van der Waals surface area (Å²) >= 11 is 6.26. The minimum absolute atomic E-state index is 0.168. The van der Waals surface area contributed by atoms with Crippen LogP contribution in [0, 0.1) is 6.92 Å². The third-order valence-corrected chi connectivity index (χ3v) is 4.79. The lowest BCUT2D eigenvalue weighted by molar-refractivity contribution is 0.348. The second kappa shape index (κ2) is 4.93. The minimum atomic E-state index is 0.168. The van der Waals surface area contributed by atoms with E-state index in [1.807, 2.05) is 6.92 Å². The number of rotatable bonds is 3. The topological polar surface area (TPSA) is 37.8 Å². The van der Waals surface area contributed by atoms with Gasteiger partial charge in [-0.25, -0.2) is 9.97 Å². The molecule has 0 aliphatic heterocycles. The number of nitrogens with one attached hydrogen (secondary N) is 1. The zero-order valence-corrected chi connectivity index (χ0v) is 12.6. The fourth-order valence-corrected chi connectivity index (χ4v) is 3.07. The number of anilines is 1. The van der Waals surface area contributed by atoms with Gasteiger partial charge in [0.25, 0.3) is 0 Å². The first-order valence-corrected chi connectivity index (χ1v) is 7.77. The predicted molar refractivity (Wildman–Crippen MR) is 78.9 cm³/mol. The molecule has 3 rings (SSSR count). The Kier molecular flexibility index (Phi) is 3.42. The molecule has 2 aliphatic rings. The van der Waals surface area contributed by atoms with Crippen LogP contribution < -0.4 is 5.32 Å². The summed E-state index contributed by atoms with van der Waals surface area (Å²) in [6.45, 7) is 4.31. The zero-order valence-electron chi connectivity index (χ0n) is 11.8. The highest BCUT2D eigenvalue weighted by Crippen LogP contribution is 2.40. The van der Waals surface area contributed by atoms with Gasteiger partial charge < -0.3 is 5.32 Å². The lowest BCUT2D eigenvalue weighted by Gasteiger charge is -2.35. The molecule has 1 aromatic heterocycles. The number of halogens is 1. The first kappa shape index (κ1) is 13.2. The van der Waals surface area contributed by atoms with Crippen LogP contribution in [-0.4, -0.2) is 15.5 Å². The van der Waals surface area contributed by atoms with Crippen LogP contribution in [-0.2, 0) is 0 Å². The largest absolute Gasteiger partial charge is 0.365 e. The first-order valence-electron chi connectivity index (χ1n) is 7.40. The SMILES string of the molecule is Cc1c(Cl)nc(C2CC2)nc1NC1(C)CCCCC1. The van der Waals surface area contributed by atoms with Crippen LogP contribution >= 0.6 is 11.6 Å². The van der Waals surface area contributed by atoms with Gasteiger partial charge in [-0.15, -0.1) is 0 Å². The monoisotopic (exact) mass is 279 g/mol. The standard InChI is InChI=1S/C15H22ClN3/c1-10-12(16)17-14(11-6-7-11)18-13(10)19-15(2)8-4-3-5-9-15/h11H,3-9H2,1-2H3,(H,17,18,19). The van der Waals surface area contributed by atoms with Gasteiger partial charge in [0.15, 0.2) is 0 Å². The molecule has 3 nitrogen and oxygen atoms in total. The molecule has 104 valence electrons. The van der Waals surface area contributed by atoms with Crippen molar-refractivity contribution in [2.45, 2.75) is 70.3 Å². The summed E-state index contributed by atoms with van der Waals surface area (Å²) in [6.07, 6.45) is 8.80. The van der Waals surface area contributed by atoms with E-state index >= 15 is 0 Å². The Morgan fingerprint density at radius 2 is 1.84 bits per heavy atom. The van der Waals surface area contributed by atoms with Crippen LogP contribution in [0.25, 0.3) is 0 Å². The van der Waals surface area contributed by atoms with Crippen molar-refractivity contribution in [3.05, 3.63) is 16.5 Å². The average molecular weight is 280 g/mol. The maximum atomic E-state index is 6.26. The normalized spacial score (nSPS) is 22.3. The predicted octanol–water partition coefficient (Wildman–Crippen LogP) is 4.45. The molecule has 0 radical (unpaired) electrons. The van der Waals surface area contributed by atoms with E-state index in [-0.39, 0.29) is 5.54 Å². The Balaban J connectivity index is 1.86. The molecule has 0 bridgehead atoms. The Labute approximate surface area is 120 Å². The van der Waals surface area contributed by atoms with Crippen LogP contribution in [0.1, 0.15) is 69.2 Å². The summed E-state index contributed by atoms with van der Waals surface area (Å²) in [5.41, 5.74) is 1.15. The van der Waals surface area contributed by atoms with E-state index in [1.54, 1.807) is 0 Å². The van der Waals surface area contributed by atoms with Gasteiger partial charge in [-0.1, -0.05) is 30.9 Å². The molecule has 2 aliphatic carbocycles. The van der Waals surface area contributed by atoms with Crippen LogP contribution in [0.5, 0.6) is 0 Å². The second-order valence-corrected chi connectivity index (χ2v) is 6.72. The van der Waals surface area contributed by atoms with E-state index in [0.717, 1.165) is 17.2 Å². The highest BCUT2D eigenvalue weighted by molar-refractivity contribution is 6.30. The summed E-state index contributed by atoms with van der Waals surface area (Å²) < 4.78 is 0. The van der Waals surface area contributed by atoms with Crippen molar-refractivity contribution < 1.29 is 0 Å². The minimum Gasteiger partial charge on any atom is -0.365 e. The lowest BCUT2D eigenvalue weighted by Crippen LogP contribution is -2.37. The summed E-state index contributed by atoms with van der Waals surface area (Å²) in [4.78, 5) is 9.15. The van der Waals surface area contributed by atoms with Gasteiger partial charge in [-0.2, -0.15) is 0 Å². The third kappa shape index (κ3) is 2.86. The molecule has 0 aromatic carbocycles. The van der Waals surface area contributed by atoms with Crippen molar-refractivity contribution in [1.29, 1.82) is 0 Å². The fourth-order valence-electron chi connectivity index (χ4n) is 2.89. The van der Waals surface area contributed by atoms with Gasteiger partial charge in [-0.3, -0.25) is 0 Å². The Morgan fingerprint density at radius 1 is 1.16 bits per heavy atom. The van der Waals surface area contributed by atoms with E-state index in [9.17, 15) is 0 Å². The van der Waals surface area contributed by atoms with Crippen LogP contribution in [0.3, 0.4) is 0 Å². The van der Waals surface area contributed by atoms with Crippen molar-refractivity contribution in [3.8, 4) is 0 Å². The summed E-state index contributed by atoms with van der Waals surface area (Å²) in [6, 6.07) is 0. The molecule has 0 unspecified atom stereocenters. The number of nitrogens with zero attached hydrogens (tertiary/aromatic N) is 2. The van der Waals surface area contributed by atoms with E-state index in [1.165, 1.54) is 44.9 Å². The van der Waals surface area contributed by atoms with E-state index in [2.05, 4.69) is 17.2 Å². The maximum absolute atomic E-state index is 6.26. The molecule has 0 atom stereocenters. The Morgan fingerprint density at radius 3 is 2.47 bits per heavy atom. The number of aromatic nitrogens is 2. The van der Waals surface area contributed by atoms with Gasteiger partial charge >= 0.3 is 0 Å². The molecular formula is C15H22ClN3. The molecule has 2 fully saturated rings. The van der Waals surface area contributed by atoms with Crippen molar-refractivity contribution in [2.24, 2.45) is 0 Å². The van der Waals surface area contributed by atoms with E-state index < -0.39 is 0 Å². The molecule has 1 aromatic rings. The smallest absolute Gasteiger partial charge is 0.137 e. The molecule has 4 heteroatoms. The van der Waals surface area contributed by atoms with Gasteiger partial charge in [0.2, 0.25) is 0 Å². The van der Waals surface area contributed by atoms with E-state index in [4.69, 9.17) is 16.6 Å². The summed E-state index contributed by atoms with van der Waals surface area (Å²) in [5, 5.41) is 4.26. The number of hydrogen-bond donors (Lipinski definition) is 1. The highest BCUT2D eigenvalue weighted by Gasteiger charge is 2.31. The van der Waals surface area contributed by atoms with Crippen molar-refractivity contribution >= 4 is 17.4 Å². The van der Waals surface area contributed by atoms with E-state index in [0.29, 0.717) is 11.1 Å². The Hall–Kier alpha value is -0.830. The molecule has 0 spiro atoms. The molecule has 0 amide bonds. The Bertz CT molecular complexity index is 477. The zero-order chi connectivity index (χ0) is 13.5. The van der Waals surface area contributed by atoms with Crippen molar-refractivity contribution in [2.75, 3.05) is 5.32 Å². The summed E-state index contributed by atoms with van der Waals surface area (Å²) in [5.74, 6) is 2.42. The van der Waals surface area contributed by atoms with Gasteiger partial charge in [0.05, 0.1) is 0 Å². The molecule has 0 saturated heterocycles. The highest BCUT2D eigenvalue weighted by atomic mass is 35.5. The van der Waals surface area contributed by atoms with Crippen LogP contribution in [0.4, 0.5) is 5.82 Å². The van der Waals surface area contributed by atoms with Crippen molar-refractivity contribution in [3.63, 3.8) is 0 Å². The fraction of sp³-hybridized carbons (Fsp3) is 0.733. The van der Waals surface area contributed by atoms with Crippen LogP contribution in [0.2, 0.25) is 5.15 Å². The van der Waals surface area contributed by atoms with Crippen molar-refractivity contribution in [1.82, 2.24) is 9.97 Å². The lowest BCUT2D eigenvalue weighted by atomic mass is 9.83. The molecule has 2 saturated carbocycles. The average Bonchev–Trinajstić information content (AvgIpc) is 3.19. The maximum Gasteiger partial charge on any atom is 0.137 e. The van der Waals surface area contributed by atoms with Gasteiger partial charge in [0.1, 0.15) is 16.8 Å². The summed E-state index contributed by atoms with van der Waals surface area (Å²) in [7, 11) is 0. The third-order valence-electron chi connectivity index (χ3n) is 4.42. The molecule has 19 heavy (non-hydrogen) atoms. The molecule has 1 N–H and O–H groups in total. The van der Waals surface area contributed by atoms with Gasteiger partial charge in [0, 0.05) is 17.0 Å². The number of hydrogen-bond acceptors (Lipinski definition) is 3. The molecular weight excluding hydrogens is 258 g/mol. The molecule has 1 heterocycles. The van der Waals surface area contributed by atoms with Crippen LogP contribution in [0.15, 0.2) is 0 Å². The van der Waals surface area contributed by atoms with Gasteiger partial charge in [-0.05, 0) is 39.5 Å². The quantitative estimate of drug-likeness (QED) is 0.831. The second-order valence-electron chi connectivity index (χ2n) is 6.37. The first-order chi connectivity index (χ1) is 9.07.